The molecule has 0 spiro atoms. The Bertz CT molecular complexity index is 572. The minimum atomic E-state index is -0.454. The van der Waals surface area contributed by atoms with Gasteiger partial charge in [0.15, 0.2) is 0 Å². The van der Waals surface area contributed by atoms with E-state index in [1.165, 1.54) is 23.9 Å². The van der Waals surface area contributed by atoms with Crippen molar-refractivity contribution >= 4 is 11.8 Å². The zero-order chi connectivity index (χ0) is 13.8. The normalized spacial score (nSPS) is 12.4. The molecule has 0 fully saturated rings. The van der Waals surface area contributed by atoms with E-state index in [4.69, 9.17) is 5.73 Å². The van der Waals surface area contributed by atoms with Gasteiger partial charge in [-0.05, 0) is 25.1 Å². The summed E-state index contributed by atoms with van der Waals surface area (Å²) in [6, 6.07) is 10.9. The molecule has 1 atom stereocenters. The monoisotopic (exact) mass is 279 g/mol. The van der Waals surface area contributed by atoms with Gasteiger partial charge >= 0.3 is 0 Å². The molecule has 0 aliphatic rings. The standard InChI is InChI=1S/C15H15F2NS/c1-10-6-7-12(16)11(8-10)14(18)9-19-15-5-3-2-4-13(15)17/h2-8,14H,9,18H2,1H3. The fourth-order valence-corrected chi connectivity index (χ4v) is 2.70. The lowest BCUT2D eigenvalue weighted by Crippen LogP contribution is -2.15. The van der Waals surface area contributed by atoms with E-state index in [0.29, 0.717) is 16.2 Å². The fourth-order valence-electron chi connectivity index (χ4n) is 1.78. The zero-order valence-electron chi connectivity index (χ0n) is 10.6. The number of hydrogen-bond acceptors (Lipinski definition) is 2. The van der Waals surface area contributed by atoms with E-state index in [0.717, 1.165) is 5.56 Å². The predicted molar refractivity (Wildman–Crippen MR) is 75.2 cm³/mol. The van der Waals surface area contributed by atoms with Gasteiger partial charge in [0.05, 0.1) is 0 Å². The molecule has 0 aliphatic heterocycles. The van der Waals surface area contributed by atoms with Crippen molar-refractivity contribution in [1.29, 1.82) is 0 Å². The summed E-state index contributed by atoms with van der Waals surface area (Å²) >= 11 is 1.30. The second-order valence-electron chi connectivity index (χ2n) is 4.37. The van der Waals surface area contributed by atoms with Gasteiger partial charge in [-0.15, -0.1) is 11.8 Å². The summed E-state index contributed by atoms with van der Waals surface area (Å²) in [7, 11) is 0. The lowest BCUT2D eigenvalue weighted by atomic mass is 10.1. The second kappa shape index (κ2) is 6.17. The summed E-state index contributed by atoms with van der Waals surface area (Å²) in [4.78, 5) is 0.533. The van der Waals surface area contributed by atoms with Crippen molar-refractivity contribution < 1.29 is 8.78 Å². The lowest BCUT2D eigenvalue weighted by Gasteiger charge is -2.13. The van der Waals surface area contributed by atoms with Crippen LogP contribution in [0.1, 0.15) is 17.2 Å². The van der Waals surface area contributed by atoms with E-state index < -0.39 is 6.04 Å². The van der Waals surface area contributed by atoms with Gasteiger partial charge in [0.2, 0.25) is 0 Å². The van der Waals surface area contributed by atoms with Crippen molar-refractivity contribution in [2.75, 3.05) is 5.75 Å². The summed E-state index contributed by atoms with van der Waals surface area (Å²) in [6.45, 7) is 1.89. The van der Waals surface area contributed by atoms with E-state index >= 15 is 0 Å². The molecule has 100 valence electrons. The smallest absolute Gasteiger partial charge is 0.136 e. The maximum atomic E-state index is 13.7. The predicted octanol–water partition coefficient (Wildman–Crippen LogP) is 4.07. The Labute approximate surface area is 115 Å². The molecule has 2 N–H and O–H groups in total. The van der Waals surface area contributed by atoms with E-state index in [9.17, 15) is 8.78 Å². The van der Waals surface area contributed by atoms with Crippen molar-refractivity contribution in [2.24, 2.45) is 5.73 Å². The number of aryl methyl sites for hydroxylation is 1. The van der Waals surface area contributed by atoms with Crippen LogP contribution in [0.15, 0.2) is 47.4 Å². The highest BCUT2D eigenvalue weighted by molar-refractivity contribution is 7.99. The Morgan fingerprint density at radius 1 is 1.11 bits per heavy atom. The van der Waals surface area contributed by atoms with Crippen LogP contribution in [0.2, 0.25) is 0 Å². The highest BCUT2D eigenvalue weighted by atomic mass is 32.2. The molecule has 0 bridgehead atoms. The molecule has 2 rings (SSSR count). The van der Waals surface area contributed by atoms with Crippen molar-refractivity contribution in [3.05, 3.63) is 65.2 Å². The molecular formula is C15H15F2NS. The van der Waals surface area contributed by atoms with Gasteiger partial charge < -0.3 is 5.73 Å². The van der Waals surface area contributed by atoms with Crippen molar-refractivity contribution in [3.8, 4) is 0 Å². The Morgan fingerprint density at radius 2 is 1.84 bits per heavy atom. The zero-order valence-corrected chi connectivity index (χ0v) is 11.4. The SMILES string of the molecule is Cc1ccc(F)c(C(N)CSc2ccccc2F)c1. The Hall–Kier alpha value is -1.39. The average Bonchev–Trinajstić information content (AvgIpc) is 2.40. The third-order valence-corrected chi connectivity index (χ3v) is 3.97. The van der Waals surface area contributed by atoms with Crippen LogP contribution >= 0.6 is 11.8 Å². The first-order chi connectivity index (χ1) is 9.08. The van der Waals surface area contributed by atoms with Crippen LogP contribution in [0.4, 0.5) is 8.78 Å². The van der Waals surface area contributed by atoms with Crippen LogP contribution in [0.25, 0.3) is 0 Å². The summed E-state index contributed by atoms with van der Waals surface area (Å²) in [6.07, 6.45) is 0. The van der Waals surface area contributed by atoms with E-state index in [2.05, 4.69) is 0 Å². The third kappa shape index (κ3) is 3.55. The average molecular weight is 279 g/mol. The van der Waals surface area contributed by atoms with Gasteiger partial charge in [0.25, 0.3) is 0 Å². The molecule has 0 saturated carbocycles. The molecule has 2 aromatic carbocycles. The van der Waals surface area contributed by atoms with Gasteiger partial charge in [-0.2, -0.15) is 0 Å². The maximum absolute atomic E-state index is 13.7. The maximum Gasteiger partial charge on any atom is 0.136 e. The van der Waals surface area contributed by atoms with Crippen molar-refractivity contribution in [3.63, 3.8) is 0 Å². The summed E-state index contributed by atoms with van der Waals surface area (Å²) in [5, 5.41) is 0. The summed E-state index contributed by atoms with van der Waals surface area (Å²) in [5.74, 6) is -0.155. The number of thioether (sulfide) groups is 1. The second-order valence-corrected chi connectivity index (χ2v) is 5.43. The quantitative estimate of drug-likeness (QED) is 0.854. The van der Waals surface area contributed by atoms with Crippen molar-refractivity contribution in [2.45, 2.75) is 17.9 Å². The van der Waals surface area contributed by atoms with Gasteiger partial charge in [-0.3, -0.25) is 0 Å². The Balaban J connectivity index is 2.07. The molecule has 2 aromatic rings. The first-order valence-electron chi connectivity index (χ1n) is 5.97. The molecule has 1 unspecified atom stereocenters. The molecule has 0 aliphatic carbocycles. The van der Waals surface area contributed by atoms with Crippen LogP contribution in [0.3, 0.4) is 0 Å². The Morgan fingerprint density at radius 3 is 2.58 bits per heavy atom. The topological polar surface area (TPSA) is 26.0 Å². The first-order valence-corrected chi connectivity index (χ1v) is 6.95. The minimum Gasteiger partial charge on any atom is -0.323 e. The van der Waals surface area contributed by atoms with E-state index in [1.807, 2.05) is 6.92 Å². The summed E-state index contributed by atoms with van der Waals surface area (Å²) in [5.41, 5.74) is 7.42. The minimum absolute atomic E-state index is 0.274. The molecule has 0 saturated heterocycles. The van der Waals surface area contributed by atoms with Gasteiger partial charge in [0.1, 0.15) is 11.6 Å². The van der Waals surface area contributed by atoms with Crippen LogP contribution < -0.4 is 5.73 Å². The number of hydrogen-bond donors (Lipinski definition) is 1. The fraction of sp³-hybridized carbons (Fsp3) is 0.200. The number of rotatable bonds is 4. The van der Waals surface area contributed by atoms with Gasteiger partial charge in [-0.25, -0.2) is 8.78 Å². The summed E-state index contributed by atoms with van der Waals surface area (Å²) < 4.78 is 27.1. The third-order valence-electron chi connectivity index (χ3n) is 2.81. The highest BCUT2D eigenvalue weighted by Crippen LogP contribution is 2.27. The van der Waals surface area contributed by atoms with Gasteiger partial charge in [0, 0.05) is 22.3 Å². The molecule has 0 amide bonds. The van der Waals surface area contributed by atoms with Crippen LogP contribution in [-0.2, 0) is 0 Å². The van der Waals surface area contributed by atoms with E-state index in [-0.39, 0.29) is 11.6 Å². The van der Waals surface area contributed by atoms with E-state index in [1.54, 1.807) is 30.3 Å². The molecule has 1 nitrogen and oxygen atoms in total. The molecule has 0 aromatic heterocycles. The molecule has 4 heteroatoms. The molecule has 0 heterocycles. The van der Waals surface area contributed by atoms with Gasteiger partial charge in [-0.1, -0.05) is 29.8 Å². The first kappa shape index (κ1) is 14.0. The van der Waals surface area contributed by atoms with Crippen LogP contribution in [0.5, 0.6) is 0 Å². The number of nitrogens with two attached hydrogens (primary N) is 1. The molecule has 0 radical (unpaired) electrons. The largest absolute Gasteiger partial charge is 0.323 e. The van der Waals surface area contributed by atoms with Crippen LogP contribution in [0, 0.1) is 18.6 Å². The van der Waals surface area contributed by atoms with Crippen LogP contribution in [-0.4, -0.2) is 5.75 Å². The highest BCUT2D eigenvalue weighted by Gasteiger charge is 2.13. The van der Waals surface area contributed by atoms with Crippen molar-refractivity contribution in [1.82, 2.24) is 0 Å². The molecular weight excluding hydrogens is 264 g/mol. The number of benzene rings is 2. The number of halogens is 2. The molecule has 19 heavy (non-hydrogen) atoms. The lowest BCUT2D eigenvalue weighted by molar-refractivity contribution is 0.593. The Kier molecular flexibility index (Phi) is 4.56.